The molecule has 5 nitrogen and oxygen atoms in total. The van der Waals surface area contributed by atoms with Crippen molar-refractivity contribution in [2.75, 3.05) is 18.2 Å². The van der Waals surface area contributed by atoms with E-state index in [1.165, 1.54) is 18.9 Å². The van der Waals surface area contributed by atoms with Crippen molar-refractivity contribution in [3.05, 3.63) is 29.8 Å². The lowest BCUT2D eigenvalue weighted by atomic mass is 10.1. The fraction of sp³-hybridized carbons (Fsp3) is 0.429. The zero-order chi connectivity index (χ0) is 15.2. The number of benzene rings is 1. The predicted molar refractivity (Wildman–Crippen MR) is 81.5 cm³/mol. The molecule has 0 heterocycles. The number of nitrogens with one attached hydrogen (secondary N) is 1. The van der Waals surface area contributed by atoms with Gasteiger partial charge in [-0.2, -0.15) is 0 Å². The monoisotopic (exact) mass is 296 g/mol. The van der Waals surface area contributed by atoms with Crippen LogP contribution >= 0.6 is 11.8 Å². The third kappa shape index (κ3) is 5.63. The molecule has 0 unspecified atom stereocenters. The van der Waals surface area contributed by atoms with Gasteiger partial charge in [0.15, 0.2) is 0 Å². The third-order valence-electron chi connectivity index (χ3n) is 2.49. The molecule has 0 aromatic heterocycles. The standard InChI is InChI=1S/C14H20N2O3S/c1-14(2,15)13(18)16-11-6-4-5-10(7-11)8-20-9-12(17)19-3/h4-7H,8-9,15H2,1-3H3,(H,16,18). The SMILES string of the molecule is COC(=O)CSCc1cccc(NC(=O)C(C)(C)N)c1. The van der Waals surface area contributed by atoms with E-state index in [0.29, 0.717) is 17.2 Å². The Morgan fingerprint density at radius 2 is 2.10 bits per heavy atom. The molecule has 3 N–H and O–H groups in total. The van der Waals surface area contributed by atoms with Gasteiger partial charge in [0.2, 0.25) is 5.91 Å². The summed E-state index contributed by atoms with van der Waals surface area (Å²) in [6.45, 7) is 3.30. The molecule has 0 radical (unpaired) electrons. The molecule has 0 saturated heterocycles. The van der Waals surface area contributed by atoms with Gasteiger partial charge in [-0.25, -0.2) is 0 Å². The Morgan fingerprint density at radius 1 is 1.40 bits per heavy atom. The van der Waals surface area contributed by atoms with Crippen molar-refractivity contribution >= 4 is 29.3 Å². The fourth-order valence-electron chi connectivity index (χ4n) is 1.34. The summed E-state index contributed by atoms with van der Waals surface area (Å²) >= 11 is 1.46. The van der Waals surface area contributed by atoms with Gasteiger partial charge < -0.3 is 15.8 Å². The van der Waals surface area contributed by atoms with Gasteiger partial charge >= 0.3 is 5.97 Å². The van der Waals surface area contributed by atoms with E-state index >= 15 is 0 Å². The summed E-state index contributed by atoms with van der Waals surface area (Å²) in [5, 5.41) is 2.77. The summed E-state index contributed by atoms with van der Waals surface area (Å²) in [5.41, 5.74) is 6.52. The first-order chi connectivity index (χ1) is 9.32. The van der Waals surface area contributed by atoms with E-state index in [1.54, 1.807) is 19.9 Å². The molecule has 1 rings (SSSR count). The first-order valence-electron chi connectivity index (χ1n) is 6.17. The molecule has 0 spiro atoms. The number of methoxy groups -OCH3 is 1. The molecule has 0 bridgehead atoms. The average Bonchev–Trinajstić information content (AvgIpc) is 2.38. The lowest BCUT2D eigenvalue weighted by Gasteiger charge is -2.18. The van der Waals surface area contributed by atoms with Crippen LogP contribution in [0.2, 0.25) is 0 Å². The van der Waals surface area contributed by atoms with Gasteiger partial charge in [-0.05, 0) is 31.5 Å². The summed E-state index contributed by atoms with van der Waals surface area (Å²) < 4.78 is 4.57. The molecule has 6 heteroatoms. The molecule has 20 heavy (non-hydrogen) atoms. The first-order valence-corrected chi connectivity index (χ1v) is 7.32. The minimum absolute atomic E-state index is 0.239. The van der Waals surface area contributed by atoms with Gasteiger partial charge in [-0.1, -0.05) is 12.1 Å². The van der Waals surface area contributed by atoms with E-state index in [4.69, 9.17) is 5.73 Å². The zero-order valence-corrected chi connectivity index (χ0v) is 12.8. The lowest BCUT2D eigenvalue weighted by molar-refractivity contribution is -0.137. The number of carbonyl (C=O) groups excluding carboxylic acids is 2. The lowest BCUT2D eigenvalue weighted by Crippen LogP contribution is -2.45. The van der Waals surface area contributed by atoms with Gasteiger partial charge in [0.05, 0.1) is 18.4 Å². The Balaban J connectivity index is 2.58. The van der Waals surface area contributed by atoms with Crippen LogP contribution in [0.4, 0.5) is 5.69 Å². The van der Waals surface area contributed by atoms with Crippen molar-refractivity contribution in [3.8, 4) is 0 Å². The highest BCUT2D eigenvalue weighted by Crippen LogP contribution is 2.17. The molecular weight excluding hydrogens is 276 g/mol. The quantitative estimate of drug-likeness (QED) is 0.782. The van der Waals surface area contributed by atoms with Gasteiger partial charge in [0.1, 0.15) is 0 Å². The smallest absolute Gasteiger partial charge is 0.315 e. The fourth-order valence-corrected chi connectivity index (χ4v) is 2.14. The molecule has 0 fully saturated rings. The number of thioether (sulfide) groups is 1. The number of nitrogens with two attached hydrogens (primary N) is 1. The van der Waals surface area contributed by atoms with Crippen LogP contribution in [0.3, 0.4) is 0 Å². The zero-order valence-electron chi connectivity index (χ0n) is 11.9. The number of amides is 1. The second-order valence-corrected chi connectivity index (χ2v) is 5.93. The maximum Gasteiger partial charge on any atom is 0.315 e. The largest absolute Gasteiger partial charge is 0.468 e. The second-order valence-electron chi connectivity index (χ2n) is 4.95. The van der Waals surface area contributed by atoms with Gasteiger partial charge in [-0.15, -0.1) is 11.8 Å². The van der Waals surface area contributed by atoms with Gasteiger partial charge in [0.25, 0.3) is 0 Å². The Kier molecular flexibility index (Phi) is 6.04. The Bertz CT molecular complexity index is 484. The Labute approximate surface area is 123 Å². The van der Waals surface area contributed by atoms with Crippen LogP contribution in [0.1, 0.15) is 19.4 Å². The maximum atomic E-state index is 11.8. The number of ether oxygens (including phenoxy) is 1. The van der Waals surface area contributed by atoms with E-state index in [0.717, 1.165) is 5.56 Å². The number of hydrogen-bond acceptors (Lipinski definition) is 5. The number of anilines is 1. The van der Waals surface area contributed by atoms with Crippen LogP contribution < -0.4 is 11.1 Å². The molecule has 0 aliphatic rings. The van der Waals surface area contributed by atoms with E-state index in [-0.39, 0.29) is 11.9 Å². The summed E-state index contributed by atoms with van der Waals surface area (Å²) in [4.78, 5) is 22.8. The number of rotatable bonds is 6. The summed E-state index contributed by atoms with van der Waals surface area (Å²) in [6, 6.07) is 7.47. The van der Waals surface area contributed by atoms with E-state index in [9.17, 15) is 9.59 Å². The van der Waals surface area contributed by atoms with E-state index < -0.39 is 5.54 Å². The Hall–Kier alpha value is -1.53. The highest BCUT2D eigenvalue weighted by molar-refractivity contribution is 7.99. The van der Waals surface area contributed by atoms with Crippen molar-refractivity contribution in [2.24, 2.45) is 5.73 Å². The normalized spacial score (nSPS) is 11.0. The third-order valence-corrected chi connectivity index (χ3v) is 3.46. The minimum atomic E-state index is -0.921. The van der Waals surface area contributed by atoms with Crippen molar-refractivity contribution < 1.29 is 14.3 Å². The molecule has 1 amide bonds. The highest BCUT2D eigenvalue weighted by Gasteiger charge is 2.21. The first kappa shape index (κ1) is 16.5. The number of carbonyl (C=O) groups is 2. The summed E-state index contributed by atoms with van der Waals surface area (Å²) in [7, 11) is 1.37. The molecule has 0 aliphatic heterocycles. The van der Waals surface area contributed by atoms with Crippen molar-refractivity contribution in [3.63, 3.8) is 0 Å². The molecule has 0 atom stereocenters. The second kappa shape index (κ2) is 7.31. The predicted octanol–water partition coefficient (Wildman–Crippen LogP) is 1.77. The van der Waals surface area contributed by atoms with Crippen molar-refractivity contribution in [1.29, 1.82) is 0 Å². The van der Waals surface area contributed by atoms with E-state index in [1.807, 2.05) is 18.2 Å². The van der Waals surface area contributed by atoms with E-state index in [2.05, 4.69) is 10.1 Å². The number of hydrogen-bond donors (Lipinski definition) is 2. The molecule has 0 saturated carbocycles. The van der Waals surface area contributed by atoms with Crippen molar-refractivity contribution in [2.45, 2.75) is 25.1 Å². The molecule has 110 valence electrons. The van der Waals surface area contributed by atoms with Gasteiger partial charge in [-0.3, -0.25) is 9.59 Å². The Morgan fingerprint density at radius 3 is 2.70 bits per heavy atom. The summed E-state index contributed by atoms with van der Waals surface area (Å²) in [6.07, 6.45) is 0. The molecule has 1 aromatic rings. The number of esters is 1. The maximum absolute atomic E-state index is 11.8. The topological polar surface area (TPSA) is 81.4 Å². The van der Waals surface area contributed by atoms with Crippen LogP contribution in [0.15, 0.2) is 24.3 Å². The van der Waals surface area contributed by atoms with Crippen LogP contribution in [-0.2, 0) is 20.1 Å². The summed E-state index contributed by atoms with van der Waals surface area (Å²) in [5.74, 6) is 0.495. The van der Waals surface area contributed by atoms with Crippen molar-refractivity contribution in [1.82, 2.24) is 0 Å². The van der Waals surface area contributed by atoms with Crippen LogP contribution in [0, 0.1) is 0 Å². The van der Waals surface area contributed by atoms with Crippen LogP contribution in [0.5, 0.6) is 0 Å². The molecule has 0 aliphatic carbocycles. The van der Waals surface area contributed by atoms with Gasteiger partial charge in [0, 0.05) is 11.4 Å². The van der Waals surface area contributed by atoms with Crippen LogP contribution in [-0.4, -0.2) is 30.3 Å². The average molecular weight is 296 g/mol. The highest BCUT2D eigenvalue weighted by atomic mass is 32.2. The minimum Gasteiger partial charge on any atom is -0.468 e. The molecular formula is C14H20N2O3S. The molecule has 1 aromatic carbocycles. The van der Waals surface area contributed by atoms with Crippen LogP contribution in [0.25, 0.3) is 0 Å².